The highest BCUT2D eigenvalue weighted by Crippen LogP contribution is 1.96. The van der Waals surface area contributed by atoms with E-state index in [9.17, 15) is 4.79 Å². The first-order valence-corrected chi connectivity index (χ1v) is 4.69. The number of nitrogens with two attached hydrogens (primary N) is 1. The standard InChI is InChI=1S/C8H10.C3H8N2O/c1-2-8-6-4-3-5-7-8;1-5-3(6)2-4/h3-7H,2H2,1H3;2,4H2,1H3,(H,5,6). The van der Waals surface area contributed by atoms with Crippen LogP contribution in [0.15, 0.2) is 30.3 Å². The van der Waals surface area contributed by atoms with Crippen molar-refractivity contribution in [2.24, 2.45) is 5.73 Å². The molecule has 1 amide bonds. The third kappa shape index (κ3) is 6.20. The minimum absolute atomic E-state index is 0.0799. The maximum absolute atomic E-state index is 9.94. The number of nitrogens with one attached hydrogen (secondary N) is 1. The summed E-state index contributed by atoms with van der Waals surface area (Å²) in [4.78, 5) is 9.94. The summed E-state index contributed by atoms with van der Waals surface area (Å²) < 4.78 is 0. The van der Waals surface area contributed by atoms with E-state index in [-0.39, 0.29) is 12.5 Å². The Labute approximate surface area is 85.3 Å². The Bertz CT molecular complexity index is 241. The Hall–Kier alpha value is -1.35. The Morgan fingerprint density at radius 3 is 2.14 bits per heavy atom. The quantitative estimate of drug-likeness (QED) is 0.736. The summed E-state index contributed by atoms with van der Waals surface area (Å²) in [6.45, 7) is 2.24. The fourth-order valence-electron chi connectivity index (χ4n) is 0.816. The lowest BCUT2D eigenvalue weighted by atomic mass is 10.2. The van der Waals surface area contributed by atoms with Crippen LogP contribution >= 0.6 is 0 Å². The molecular formula is C11H18N2O. The van der Waals surface area contributed by atoms with Crippen LogP contribution in [0.4, 0.5) is 0 Å². The zero-order valence-corrected chi connectivity index (χ0v) is 8.79. The van der Waals surface area contributed by atoms with Crippen LogP contribution in [0.1, 0.15) is 12.5 Å². The first kappa shape index (κ1) is 12.7. The molecule has 0 radical (unpaired) electrons. The molecule has 0 fully saturated rings. The molecule has 3 N–H and O–H groups in total. The summed E-state index contributed by atoms with van der Waals surface area (Å²) in [5, 5.41) is 2.35. The van der Waals surface area contributed by atoms with Crippen molar-refractivity contribution >= 4 is 5.91 Å². The average Bonchev–Trinajstić information content (AvgIpc) is 2.30. The van der Waals surface area contributed by atoms with Gasteiger partial charge < -0.3 is 11.1 Å². The van der Waals surface area contributed by atoms with Crippen molar-refractivity contribution < 1.29 is 4.79 Å². The molecule has 1 aromatic rings. The predicted octanol–water partition coefficient (Wildman–Crippen LogP) is 0.940. The monoisotopic (exact) mass is 194 g/mol. The van der Waals surface area contributed by atoms with Crippen molar-refractivity contribution in [3.8, 4) is 0 Å². The van der Waals surface area contributed by atoms with Crippen LogP contribution in [0.25, 0.3) is 0 Å². The number of rotatable bonds is 2. The molecule has 0 unspecified atom stereocenters. The molecule has 0 aliphatic rings. The zero-order chi connectivity index (χ0) is 10.8. The molecule has 0 spiro atoms. The van der Waals surface area contributed by atoms with Crippen LogP contribution in [-0.2, 0) is 11.2 Å². The maximum atomic E-state index is 9.94. The number of likely N-dealkylation sites (N-methyl/N-ethyl adjacent to an activating group) is 1. The molecule has 0 bridgehead atoms. The van der Waals surface area contributed by atoms with E-state index >= 15 is 0 Å². The smallest absolute Gasteiger partial charge is 0.233 e. The molecule has 14 heavy (non-hydrogen) atoms. The summed E-state index contributed by atoms with van der Waals surface area (Å²) in [6, 6.07) is 10.5. The zero-order valence-electron chi connectivity index (χ0n) is 8.79. The number of hydrogen-bond acceptors (Lipinski definition) is 2. The van der Waals surface area contributed by atoms with Gasteiger partial charge in [0.2, 0.25) is 5.91 Å². The van der Waals surface area contributed by atoms with Crippen LogP contribution in [0.5, 0.6) is 0 Å². The summed E-state index contributed by atoms with van der Waals surface area (Å²) in [6.07, 6.45) is 1.14. The second-order valence-corrected chi connectivity index (χ2v) is 2.72. The Morgan fingerprint density at radius 1 is 1.36 bits per heavy atom. The second-order valence-electron chi connectivity index (χ2n) is 2.72. The topological polar surface area (TPSA) is 55.1 Å². The lowest BCUT2D eigenvalue weighted by Crippen LogP contribution is -2.26. The lowest BCUT2D eigenvalue weighted by molar-refractivity contribution is -0.119. The van der Waals surface area contributed by atoms with E-state index in [0.717, 1.165) is 6.42 Å². The molecule has 0 heterocycles. The van der Waals surface area contributed by atoms with Gasteiger partial charge in [0, 0.05) is 7.05 Å². The third-order valence-electron chi connectivity index (χ3n) is 1.72. The van der Waals surface area contributed by atoms with Crippen molar-refractivity contribution in [1.82, 2.24) is 5.32 Å². The fourth-order valence-corrected chi connectivity index (χ4v) is 0.816. The van der Waals surface area contributed by atoms with Gasteiger partial charge in [0.25, 0.3) is 0 Å². The number of carbonyl (C=O) groups excluding carboxylic acids is 1. The van der Waals surface area contributed by atoms with Crippen LogP contribution in [-0.4, -0.2) is 19.5 Å². The molecule has 3 heteroatoms. The maximum Gasteiger partial charge on any atom is 0.233 e. The summed E-state index contributed by atoms with van der Waals surface area (Å²) in [5.74, 6) is -0.130. The SMILES string of the molecule is CCc1ccccc1.CNC(=O)CN. The Morgan fingerprint density at radius 2 is 1.93 bits per heavy atom. The normalized spacial score (nSPS) is 8.50. The molecule has 3 nitrogen and oxygen atoms in total. The van der Waals surface area contributed by atoms with Gasteiger partial charge in [-0.25, -0.2) is 0 Å². The molecule has 78 valence electrons. The molecule has 0 aliphatic heterocycles. The third-order valence-corrected chi connectivity index (χ3v) is 1.72. The number of hydrogen-bond donors (Lipinski definition) is 2. The van der Waals surface area contributed by atoms with Crippen molar-refractivity contribution in [1.29, 1.82) is 0 Å². The van der Waals surface area contributed by atoms with E-state index in [4.69, 9.17) is 5.73 Å². The average molecular weight is 194 g/mol. The highest BCUT2D eigenvalue weighted by Gasteiger charge is 1.84. The van der Waals surface area contributed by atoms with Gasteiger partial charge in [-0.1, -0.05) is 37.3 Å². The van der Waals surface area contributed by atoms with E-state index in [1.54, 1.807) is 7.05 Å². The first-order valence-electron chi connectivity index (χ1n) is 4.69. The van der Waals surface area contributed by atoms with Crippen LogP contribution in [0.2, 0.25) is 0 Å². The summed E-state index contributed by atoms with van der Waals surface area (Å²) >= 11 is 0. The van der Waals surface area contributed by atoms with E-state index in [1.165, 1.54) is 5.56 Å². The molecule has 1 rings (SSSR count). The molecular weight excluding hydrogens is 176 g/mol. The molecule has 0 saturated carbocycles. The minimum atomic E-state index is -0.130. The van der Waals surface area contributed by atoms with Crippen molar-refractivity contribution in [2.75, 3.05) is 13.6 Å². The van der Waals surface area contributed by atoms with E-state index < -0.39 is 0 Å². The van der Waals surface area contributed by atoms with Gasteiger partial charge in [-0.15, -0.1) is 0 Å². The van der Waals surface area contributed by atoms with E-state index in [1.807, 2.05) is 6.07 Å². The van der Waals surface area contributed by atoms with Gasteiger partial charge in [-0.3, -0.25) is 4.79 Å². The van der Waals surface area contributed by atoms with Gasteiger partial charge in [-0.2, -0.15) is 0 Å². The highest BCUT2D eigenvalue weighted by molar-refractivity contribution is 5.77. The number of carbonyl (C=O) groups is 1. The van der Waals surface area contributed by atoms with Crippen LogP contribution in [0, 0.1) is 0 Å². The lowest BCUT2D eigenvalue weighted by Gasteiger charge is -1.89. The number of benzene rings is 1. The van der Waals surface area contributed by atoms with Gasteiger partial charge in [0.15, 0.2) is 0 Å². The summed E-state index contributed by atoms with van der Waals surface area (Å²) in [5.41, 5.74) is 6.28. The fraction of sp³-hybridized carbons (Fsp3) is 0.364. The first-order chi connectivity index (χ1) is 6.74. The number of amides is 1. The summed E-state index contributed by atoms with van der Waals surface area (Å²) in [7, 11) is 1.55. The predicted molar refractivity (Wildman–Crippen MR) is 58.9 cm³/mol. The van der Waals surface area contributed by atoms with Crippen molar-refractivity contribution in [2.45, 2.75) is 13.3 Å². The largest absolute Gasteiger partial charge is 0.358 e. The van der Waals surface area contributed by atoms with Gasteiger partial charge in [0.05, 0.1) is 6.54 Å². The van der Waals surface area contributed by atoms with Gasteiger partial charge in [-0.05, 0) is 12.0 Å². The van der Waals surface area contributed by atoms with Gasteiger partial charge in [0.1, 0.15) is 0 Å². The van der Waals surface area contributed by atoms with Gasteiger partial charge >= 0.3 is 0 Å². The molecule has 0 saturated heterocycles. The second kappa shape index (κ2) is 8.26. The molecule has 0 aliphatic carbocycles. The number of aryl methyl sites for hydroxylation is 1. The Balaban J connectivity index is 0.000000255. The molecule has 1 aromatic carbocycles. The van der Waals surface area contributed by atoms with E-state index in [2.05, 4.69) is 36.5 Å². The van der Waals surface area contributed by atoms with Crippen molar-refractivity contribution in [3.05, 3.63) is 35.9 Å². The van der Waals surface area contributed by atoms with Crippen LogP contribution < -0.4 is 11.1 Å². The molecule has 0 atom stereocenters. The van der Waals surface area contributed by atoms with E-state index in [0.29, 0.717) is 0 Å². The Kier molecular flexibility index (Phi) is 7.46. The minimum Gasteiger partial charge on any atom is -0.358 e. The molecule has 0 aromatic heterocycles. The highest BCUT2D eigenvalue weighted by atomic mass is 16.1. The van der Waals surface area contributed by atoms with Crippen LogP contribution in [0.3, 0.4) is 0 Å². The van der Waals surface area contributed by atoms with Crippen molar-refractivity contribution in [3.63, 3.8) is 0 Å².